The Balaban J connectivity index is 1.18. The summed E-state index contributed by atoms with van der Waals surface area (Å²) >= 11 is 0. The van der Waals surface area contributed by atoms with Gasteiger partial charge in [-0.05, 0) is 69.6 Å². The molecule has 0 amide bonds. The van der Waals surface area contributed by atoms with E-state index in [1.807, 2.05) is 66.7 Å². The third-order valence-electron chi connectivity index (χ3n) is 10.1. The lowest BCUT2D eigenvalue weighted by Crippen LogP contribution is -2.01. The monoisotopic (exact) mass is 665 g/mol. The summed E-state index contributed by atoms with van der Waals surface area (Å²) in [6, 6.07) is 56.2. The van der Waals surface area contributed by atoms with Gasteiger partial charge in [0.05, 0.1) is 0 Å². The Labute approximate surface area is 297 Å². The molecule has 0 radical (unpaired) electrons. The molecule has 0 saturated heterocycles. The van der Waals surface area contributed by atoms with Crippen LogP contribution in [0.2, 0.25) is 0 Å². The summed E-state index contributed by atoms with van der Waals surface area (Å²) in [4.78, 5) is 15.6. The lowest BCUT2D eigenvalue weighted by Gasteiger charge is -2.13. The van der Waals surface area contributed by atoms with Crippen LogP contribution in [0, 0.1) is 0 Å². The maximum atomic E-state index is 6.70. The van der Waals surface area contributed by atoms with Crippen LogP contribution in [0.5, 0.6) is 0 Å². The first-order chi connectivity index (χ1) is 25.8. The zero-order valence-electron chi connectivity index (χ0n) is 27.7. The van der Waals surface area contributed by atoms with Gasteiger partial charge in [-0.1, -0.05) is 121 Å². The van der Waals surface area contributed by atoms with Crippen molar-refractivity contribution in [3.05, 3.63) is 164 Å². The first-order valence-corrected chi connectivity index (χ1v) is 17.4. The van der Waals surface area contributed by atoms with Crippen molar-refractivity contribution in [1.29, 1.82) is 0 Å². The molecule has 0 aliphatic heterocycles. The number of nitrogens with zero attached hydrogens (tertiary/aromatic N) is 3. The molecule has 0 N–H and O–H groups in total. The SMILES string of the molecule is c1ccc(-c2nc(-c3cc4ccccc4c4ccccc34)nc(-c3ccc(-c4ccc5c(c4)oc4ccccc45)c4oc5ccccc5c34)n2)cc1. The number of para-hydroxylation sites is 2. The fourth-order valence-electron chi connectivity index (χ4n) is 7.71. The van der Waals surface area contributed by atoms with Gasteiger partial charge in [-0.3, -0.25) is 0 Å². The van der Waals surface area contributed by atoms with Gasteiger partial charge >= 0.3 is 0 Å². The van der Waals surface area contributed by atoms with Crippen LogP contribution in [0.4, 0.5) is 0 Å². The summed E-state index contributed by atoms with van der Waals surface area (Å²) in [5, 5.41) is 8.73. The Morgan fingerprint density at radius 1 is 0.327 bits per heavy atom. The van der Waals surface area contributed by atoms with Gasteiger partial charge in [0.25, 0.3) is 0 Å². The molecule has 0 atom stereocenters. The van der Waals surface area contributed by atoms with Gasteiger partial charge < -0.3 is 8.83 Å². The van der Waals surface area contributed by atoms with Crippen molar-refractivity contribution in [2.75, 3.05) is 0 Å². The Hall–Kier alpha value is -7.11. The Bertz CT molecular complexity index is 3190. The smallest absolute Gasteiger partial charge is 0.164 e. The molecular formula is C47H27N3O2. The summed E-state index contributed by atoms with van der Waals surface area (Å²) in [5.74, 6) is 1.81. The molecule has 3 heterocycles. The third-order valence-corrected chi connectivity index (χ3v) is 10.1. The third kappa shape index (κ3) is 4.39. The van der Waals surface area contributed by atoms with Crippen molar-refractivity contribution in [2.24, 2.45) is 0 Å². The second-order valence-electron chi connectivity index (χ2n) is 13.1. The van der Waals surface area contributed by atoms with Crippen molar-refractivity contribution in [1.82, 2.24) is 15.0 Å². The zero-order chi connectivity index (χ0) is 34.2. The summed E-state index contributed by atoms with van der Waals surface area (Å²) in [5.41, 5.74) is 8.01. The highest BCUT2D eigenvalue weighted by Crippen LogP contribution is 2.43. The fraction of sp³-hybridized carbons (Fsp3) is 0. The molecule has 11 rings (SSSR count). The Morgan fingerprint density at radius 2 is 0.923 bits per heavy atom. The number of benzene rings is 8. The normalized spacial score (nSPS) is 11.8. The van der Waals surface area contributed by atoms with E-state index in [1.54, 1.807) is 0 Å². The fourth-order valence-corrected chi connectivity index (χ4v) is 7.71. The molecule has 0 aliphatic carbocycles. The summed E-state index contributed by atoms with van der Waals surface area (Å²) in [6.45, 7) is 0. The van der Waals surface area contributed by atoms with Crippen LogP contribution in [-0.2, 0) is 0 Å². The predicted molar refractivity (Wildman–Crippen MR) is 211 cm³/mol. The van der Waals surface area contributed by atoms with E-state index >= 15 is 0 Å². The van der Waals surface area contributed by atoms with E-state index in [1.165, 1.54) is 5.39 Å². The van der Waals surface area contributed by atoms with Crippen LogP contribution < -0.4 is 0 Å². The predicted octanol–water partition coefficient (Wildman–Crippen LogP) is 12.6. The second-order valence-corrected chi connectivity index (χ2v) is 13.1. The summed E-state index contributed by atoms with van der Waals surface area (Å²) < 4.78 is 13.0. The van der Waals surface area contributed by atoms with Gasteiger partial charge in [0.2, 0.25) is 0 Å². The lowest BCUT2D eigenvalue weighted by atomic mass is 9.96. The van der Waals surface area contributed by atoms with E-state index < -0.39 is 0 Å². The number of rotatable bonds is 4. The van der Waals surface area contributed by atoms with E-state index in [0.717, 1.165) is 87.9 Å². The van der Waals surface area contributed by atoms with Crippen LogP contribution in [0.3, 0.4) is 0 Å². The number of fused-ring (bicyclic) bond motifs is 9. The summed E-state index contributed by atoms with van der Waals surface area (Å²) in [6.07, 6.45) is 0. The standard InChI is InChI=1S/C47H27N3O2/c1-2-12-28(13-3-1)45-48-46(50-47(49-45)39-26-29-14-4-5-15-31(29)33-16-6-7-17-34(33)39)38-25-24-32(44-43(38)37-19-9-11-21-41(37)52-44)30-22-23-36-35-18-8-10-20-40(35)51-42(36)27-30/h1-27H. The largest absolute Gasteiger partial charge is 0.456 e. The summed E-state index contributed by atoms with van der Waals surface area (Å²) in [7, 11) is 0. The minimum Gasteiger partial charge on any atom is -0.456 e. The molecule has 0 aliphatic rings. The Kier molecular flexibility index (Phi) is 6.18. The molecule has 242 valence electrons. The molecule has 0 bridgehead atoms. The highest BCUT2D eigenvalue weighted by Gasteiger charge is 2.22. The number of furan rings is 2. The second kappa shape index (κ2) is 11.2. The van der Waals surface area contributed by atoms with Crippen LogP contribution in [-0.4, -0.2) is 15.0 Å². The number of hydrogen-bond donors (Lipinski definition) is 0. The molecule has 0 unspecified atom stereocenters. The van der Waals surface area contributed by atoms with Crippen molar-refractivity contribution in [2.45, 2.75) is 0 Å². The quantitative estimate of drug-likeness (QED) is 0.175. The van der Waals surface area contributed by atoms with Crippen molar-refractivity contribution in [3.63, 3.8) is 0 Å². The van der Waals surface area contributed by atoms with Crippen LogP contribution in [0.25, 0.3) is 111 Å². The van der Waals surface area contributed by atoms with Gasteiger partial charge in [0, 0.05) is 43.8 Å². The van der Waals surface area contributed by atoms with Crippen molar-refractivity contribution < 1.29 is 8.83 Å². The molecule has 5 nitrogen and oxygen atoms in total. The van der Waals surface area contributed by atoms with Crippen molar-refractivity contribution in [3.8, 4) is 45.3 Å². The van der Waals surface area contributed by atoms with Gasteiger partial charge in [0.1, 0.15) is 22.3 Å². The average Bonchev–Trinajstić information content (AvgIpc) is 3.79. The Morgan fingerprint density at radius 3 is 1.75 bits per heavy atom. The minimum absolute atomic E-state index is 0.580. The zero-order valence-corrected chi connectivity index (χ0v) is 27.7. The number of aromatic nitrogens is 3. The van der Waals surface area contributed by atoms with E-state index in [4.69, 9.17) is 23.8 Å². The van der Waals surface area contributed by atoms with Crippen LogP contribution in [0.1, 0.15) is 0 Å². The first kappa shape index (κ1) is 28.7. The molecule has 52 heavy (non-hydrogen) atoms. The van der Waals surface area contributed by atoms with Gasteiger partial charge in [-0.2, -0.15) is 0 Å². The van der Waals surface area contributed by atoms with E-state index in [9.17, 15) is 0 Å². The molecular weight excluding hydrogens is 639 g/mol. The average molecular weight is 666 g/mol. The highest BCUT2D eigenvalue weighted by molar-refractivity contribution is 6.17. The molecule has 0 spiro atoms. The first-order valence-electron chi connectivity index (χ1n) is 17.4. The molecule has 8 aromatic carbocycles. The van der Waals surface area contributed by atoms with Gasteiger partial charge in [-0.15, -0.1) is 0 Å². The highest BCUT2D eigenvalue weighted by atomic mass is 16.3. The van der Waals surface area contributed by atoms with Crippen LogP contribution in [0.15, 0.2) is 173 Å². The van der Waals surface area contributed by atoms with Crippen LogP contribution >= 0.6 is 0 Å². The topological polar surface area (TPSA) is 65.0 Å². The molecule has 0 fully saturated rings. The molecule has 0 saturated carbocycles. The van der Waals surface area contributed by atoms with Gasteiger partial charge in [-0.25, -0.2) is 15.0 Å². The maximum Gasteiger partial charge on any atom is 0.164 e. The van der Waals surface area contributed by atoms with Crippen molar-refractivity contribution >= 4 is 65.4 Å². The lowest BCUT2D eigenvalue weighted by molar-refractivity contribution is 0.668. The molecule has 3 aromatic heterocycles. The van der Waals surface area contributed by atoms with Gasteiger partial charge in [0.15, 0.2) is 17.5 Å². The minimum atomic E-state index is 0.580. The maximum absolute atomic E-state index is 6.70. The van der Waals surface area contributed by atoms with E-state index in [0.29, 0.717) is 17.5 Å². The van der Waals surface area contributed by atoms with E-state index in [2.05, 4.69) is 97.1 Å². The molecule has 11 aromatic rings. The van der Waals surface area contributed by atoms with E-state index in [-0.39, 0.29) is 0 Å². The number of hydrogen-bond acceptors (Lipinski definition) is 5. The molecule has 5 heteroatoms.